The van der Waals surface area contributed by atoms with Crippen molar-refractivity contribution in [2.75, 3.05) is 6.61 Å². The number of benzene rings is 1. The van der Waals surface area contributed by atoms with Crippen LogP contribution in [-0.2, 0) is 0 Å². The lowest BCUT2D eigenvalue weighted by atomic mass is 9.70. The molecule has 1 aromatic carbocycles. The van der Waals surface area contributed by atoms with E-state index in [1.54, 1.807) is 0 Å². The van der Waals surface area contributed by atoms with Crippen LogP contribution in [0.5, 0.6) is 0 Å². The molecular weight excluding hydrogens is 291 g/mol. The normalized spacial score (nSPS) is 29.4. The van der Waals surface area contributed by atoms with Gasteiger partial charge in [-0.3, -0.25) is 0 Å². The molecule has 0 aliphatic heterocycles. The minimum absolute atomic E-state index is 0.233. The van der Waals surface area contributed by atoms with Gasteiger partial charge >= 0.3 is 0 Å². The molecule has 0 spiro atoms. The second-order valence-electron chi connectivity index (χ2n) is 5.66. The van der Waals surface area contributed by atoms with Gasteiger partial charge in [0.1, 0.15) is 0 Å². The van der Waals surface area contributed by atoms with Gasteiger partial charge in [0.15, 0.2) is 0 Å². The molecular formula is C17H18Cl2O. The lowest BCUT2D eigenvalue weighted by molar-refractivity contribution is 0.243. The lowest BCUT2D eigenvalue weighted by Gasteiger charge is -2.35. The average molecular weight is 309 g/mol. The minimum atomic E-state index is 0.233. The molecule has 2 aliphatic rings. The van der Waals surface area contributed by atoms with Crippen molar-refractivity contribution < 1.29 is 5.11 Å². The van der Waals surface area contributed by atoms with Crippen molar-refractivity contribution in [1.29, 1.82) is 0 Å². The molecule has 3 heteroatoms. The van der Waals surface area contributed by atoms with Gasteiger partial charge in [-0.15, -0.1) is 0 Å². The molecule has 0 radical (unpaired) electrons. The maximum atomic E-state index is 9.55. The Morgan fingerprint density at radius 1 is 1.05 bits per heavy atom. The summed E-state index contributed by atoms with van der Waals surface area (Å²) in [5.41, 5.74) is 2.67. The SMILES string of the molecule is OC[C@H]1CCC([C@@H]2C=C(Cl)C(Cl)=CC2)c2ccccc21. The van der Waals surface area contributed by atoms with Crippen LogP contribution in [0.4, 0.5) is 0 Å². The van der Waals surface area contributed by atoms with Gasteiger partial charge < -0.3 is 5.11 Å². The summed E-state index contributed by atoms with van der Waals surface area (Å²) in [5.74, 6) is 1.17. The molecule has 3 rings (SSSR count). The molecule has 0 saturated carbocycles. The largest absolute Gasteiger partial charge is 0.396 e. The molecule has 3 atom stereocenters. The number of rotatable bonds is 2. The van der Waals surface area contributed by atoms with Gasteiger partial charge in [0.25, 0.3) is 0 Å². The number of hydrogen-bond acceptors (Lipinski definition) is 1. The van der Waals surface area contributed by atoms with Crippen molar-refractivity contribution in [2.45, 2.75) is 31.1 Å². The van der Waals surface area contributed by atoms with Gasteiger partial charge in [0, 0.05) is 12.5 Å². The summed E-state index contributed by atoms with van der Waals surface area (Å²) >= 11 is 12.2. The molecule has 2 aliphatic carbocycles. The standard InChI is InChI=1S/C17H18Cl2O/c18-16-8-6-11(9-17(16)19)14-7-5-12(10-20)13-3-1-2-4-15(13)14/h1-4,8-9,11-12,14,20H,5-7,10H2/t11-,12+,14?/m0/s1. The second kappa shape index (κ2) is 5.93. The van der Waals surface area contributed by atoms with E-state index in [2.05, 4.69) is 30.3 Å². The molecule has 106 valence electrons. The van der Waals surface area contributed by atoms with E-state index in [9.17, 15) is 5.11 Å². The zero-order valence-corrected chi connectivity index (χ0v) is 12.7. The number of halogens is 2. The van der Waals surface area contributed by atoms with Crippen LogP contribution in [0, 0.1) is 5.92 Å². The third kappa shape index (κ3) is 2.55. The van der Waals surface area contributed by atoms with Crippen molar-refractivity contribution in [3.05, 3.63) is 57.6 Å². The van der Waals surface area contributed by atoms with E-state index >= 15 is 0 Å². The van der Waals surface area contributed by atoms with Gasteiger partial charge in [-0.25, -0.2) is 0 Å². The predicted molar refractivity (Wildman–Crippen MR) is 84.2 cm³/mol. The third-order valence-corrected chi connectivity index (χ3v) is 5.34. The number of aliphatic hydroxyl groups is 1. The second-order valence-corrected chi connectivity index (χ2v) is 6.47. The minimum Gasteiger partial charge on any atom is -0.396 e. The highest BCUT2D eigenvalue weighted by Gasteiger charge is 2.31. The Bertz CT molecular complexity index is 562. The highest BCUT2D eigenvalue weighted by molar-refractivity contribution is 6.44. The Hall–Kier alpha value is -0.760. The summed E-state index contributed by atoms with van der Waals surface area (Å²) in [7, 11) is 0. The van der Waals surface area contributed by atoms with E-state index < -0.39 is 0 Å². The fourth-order valence-electron chi connectivity index (χ4n) is 3.50. The number of fused-ring (bicyclic) bond motifs is 1. The Morgan fingerprint density at radius 2 is 1.80 bits per heavy atom. The first-order valence-corrected chi connectivity index (χ1v) is 7.89. The third-order valence-electron chi connectivity index (χ3n) is 4.56. The van der Waals surface area contributed by atoms with Gasteiger partial charge in [0.2, 0.25) is 0 Å². The summed E-state index contributed by atoms with van der Waals surface area (Å²) in [6.07, 6.45) is 7.20. The first kappa shape index (κ1) is 14.2. The van der Waals surface area contributed by atoms with Gasteiger partial charge in [-0.05, 0) is 42.2 Å². The molecule has 0 aromatic heterocycles. The first-order valence-electron chi connectivity index (χ1n) is 7.13. The van der Waals surface area contributed by atoms with Crippen LogP contribution in [0.15, 0.2) is 46.5 Å². The van der Waals surface area contributed by atoms with Gasteiger partial charge in [-0.2, -0.15) is 0 Å². The quantitative estimate of drug-likeness (QED) is 0.823. The van der Waals surface area contributed by atoms with Crippen molar-refractivity contribution in [1.82, 2.24) is 0 Å². The van der Waals surface area contributed by atoms with Crippen LogP contribution >= 0.6 is 23.2 Å². The molecule has 0 heterocycles. The van der Waals surface area contributed by atoms with Crippen LogP contribution < -0.4 is 0 Å². The van der Waals surface area contributed by atoms with Gasteiger partial charge in [-0.1, -0.05) is 59.6 Å². The fraction of sp³-hybridized carbons (Fsp3) is 0.412. The monoisotopic (exact) mass is 308 g/mol. The van der Waals surface area contributed by atoms with Gasteiger partial charge in [0.05, 0.1) is 10.1 Å². The van der Waals surface area contributed by atoms with Crippen molar-refractivity contribution in [2.24, 2.45) is 5.92 Å². The number of aliphatic hydroxyl groups excluding tert-OH is 1. The average Bonchev–Trinajstić information content (AvgIpc) is 2.49. The lowest BCUT2D eigenvalue weighted by Crippen LogP contribution is -2.22. The highest BCUT2D eigenvalue weighted by atomic mass is 35.5. The van der Waals surface area contributed by atoms with E-state index in [-0.39, 0.29) is 12.5 Å². The molecule has 1 aromatic rings. The summed E-state index contributed by atoms with van der Waals surface area (Å²) in [6.45, 7) is 0.233. The predicted octanol–water partition coefficient (Wildman–Crippen LogP) is 4.91. The molecule has 0 fully saturated rings. The fourth-order valence-corrected chi connectivity index (χ4v) is 3.89. The topological polar surface area (TPSA) is 20.2 Å². The van der Waals surface area contributed by atoms with E-state index in [1.807, 2.05) is 6.08 Å². The summed E-state index contributed by atoms with van der Waals surface area (Å²) in [5, 5.41) is 10.9. The highest BCUT2D eigenvalue weighted by Crippen LogP contribution is 2.45. The molecule has 1 unspecified atom stereocenters. The summed E-state index contributed by atoms with van der Waals surface area (Å²) < 4.78 is 0. The van der Waals surface area contributed by atoms with E-state index in [1.165, 1.54) is 11.1 Å². The zero-order valence-electron chi connectivity index (χ0n) is 11.2. The first-order chi connectivity index (χ1) is 9.70. The smallest absolute Gasteiger partial charge is 0.0552 e. The van der Waals surface area contributed by atoms with E-state index in [4.69, 9.17) is 23.2 Å². The number of hydrogen-bond donors (Lipinski definition) is 1. The van der Waals surface area contributed by atoms with Crippen LogP contribution in [0.2, 0.25) is 0 Å². The molecule has 0 amide bonds. The maximum Gasteiger partial charge on any atom is 0.0552 e. The Balaban J connectivity index is 1.93. The van der Waals surface area contributed by atoms with Crippen molar-refractivity contribution >= 4 is 23.2 Å². The molecule has 0 saturated heterocycles. The van der Waals surface area contributed by atoms with Crippen molar-refractivity contribution in [3.63, 3.8) is 0 Å². The Labute approximate surface area is 129 Å². The van der Waals surface area contributed by atoms with Crippen LogP contribution in [0.3, 0.4) is 0 Å². The van der Waals surface area contributed by atoms with Crippen molar-refractivity contribution in [3.8, 4) is 0 Å². The molecule has 1 N–H and O–H groups in total. The van der Waals surface area contributed by atoms with E-state index in [0.717, 1.165) is 19.3 Å². The van der Waals surface area contributed by atoms with Crippen LogP contribution in [0.25, 0.3) is 0 Å². The van der Waals surface area contributed by atoms with Crippen LogP contribution in [0.1, 0.15) is 42.2 Å². The Morgan fingerprint density at radius 3 is 2.50 bits per heavy atom. The zero-order chi connectivity index (χ0) is 14.1. The summed E-state index contributed by atoms with van der Waals surface area (Å²) in [4.78, 5) is 0. The summed E-state index contributed by atoms with van der Waals surface area (Å²) in [6, 6.07) is 8.50. The maximum absolute atomic E-state index is 9.55. The molecule has 20 heavy (non-hydrogen) atoms. The molecule has 0 bridgehead atoms. The Kier molecular flexibility index (Phi) is 4.21. The van der Waals surface area contributed by atoms with E-state index in [0.29, 0.717) is 21.9 Å². The number of allylic oxidation sites excluding steroid dienone is 4. The van der Waals surface area contributed by atoms with Crippen LogP contribution in [-0.4, -0.2) is 11.7 Å². The molecule has 1 nitrogen and oxygen atoms in total.